The maximum atomic E-state index is 11.6. The van der Waals surface area contributed by atoms with Gasteiger partial charge in [-0.25, -0.2) is 0 Å². The maximum Gasteiger partial charge on any atom is 0.228 e. The van der Waals surface area contributed by atoms with Crippen LogP contribution in [0.4, 0.5) is 17.3 Å². The molecule has 1 aromatic heterocycles. The zero-order chi connectivity index (χ0) is 16.1. The minimum atomic E-state index is -0.101. The summed E-state index contributed by atoms with van der Waals surface area (Å²) in [5.41, 5.74) is 1.92. The van der Waals surface area contributed by atoms with E-state index in [-0.39, 0.29) is 11.8 Å². The lowest BCUT2D eigenvalue weighted by Gasteiger charge is -2.11. The third kappa shape index (κ3) is 3.94. The predicted octanol–water partition coefficient (Wildman–Crippen LogP) is 3.13. The van der Waals surface area contributed by atoms with Crippen LogP contribution in [0.3, 0.4) is 0 Å². The summed E-state index contributed by atoms with van der Waals surface area (Å²) in [6, 6.07) is 9.29. The van der Waals surface area contributed by atoms with Crippen molar-refractivity contribution in [3.05, 3.63) is 35.9 Å². The Morgan fingerprint density at radius 3 is 2.41 bits per heavy atom. The van der Waals surface area contributed by atoms with Crippen LogP contribution in [0.25, 0.3) is 0 Å². The summed E-state index contributed by atoms with van der Waals surface area (Å²) >= 11 is 0. The van der Waals surface area contributed by atoms with Gasteiger partial charge in [0.1, 0.15) is 5.75 Å². The number of nitrogens with zero attached hydrogens (tertiary/aromatic N) is 2. The molecule has 0 aliphatic carbocycles. The molecule has 0 bridgehead atoms. The molecule has 2 rings (SSSR count). The standard InChI is InChI=1S/C16H20N4O2/c1-10(2)16(21)18-15-8-7-14(19-20-15)17-12-9-11(3)5-6-13(12)22-4/h5-10H,1-4H3,(H,17,19)(H,18,20,21). The highest BCUT2D eigenvalue weighted by atomic mass is 16.5. The lowest BCUT2D eigenvalue weighted by atomic mass is 10.2. The highest BCUT2D eigenvalue weighted by molar-refractivity contribution is 5.91. The van der Waals surface area contributed by atoms with Gasteiger partial charge in [-0.05, 0) is 36.8 Å². The van der Waals surface area contributed by atoms with Gasteiger partial charge in [-0.3, -0.25) is 4.79 Å². The third-order valence-corrected chi connectivity index (χ3v) is 3.06. The van der Waals surface area contributed by atoms with Crippen molar-refractivity contribution in [2.75, 3.05) is 17.7 Å². The molecule has 0 spiro atoms. The lowest BCUT2D eigenvalue weighted by molar-refractivity contribution is -0.118. The van der Waals surface area contributed by atoms with Crippen LogP contribution in [-0.4, -0.2) is 23.2 Å². The van der Waals surface area contributed by atoms with E-state index in [0.717, 1.165) is 17.0 Å². The number of nitrogens with one attached hydrogen (secondary N) is 2. The number of ether oxygens (including phenoxy) is 1. The second-order valence-corrected chi connectivity index (χ2v) is 5.28. The first-order valence-corrected chi connectivity index (χ1v) is 7.06. The van der Waals surface area contributed by atoms with Gasteiger partial charge in [0.15, 0.2) is 11.6 Å². The fourth-order valence-corrected chi connectivity index (χ4v) is 1.79. The maximum absolute atomic E-state index is 11.6. The van der Waals surface area contributed by atoms with E-state index in [0.29, 0.717) is 11.6 Å². The molecule has 2 aromatic rings. The number of hydrogen-bond donors (Lipinski definition) is 2. The second-order valence-electron chi connectivity index (χ2n) is 5.28. The van der Waals surface area contributed by atoms with E-state index in [2.05, 4.69) is 20.8 Å². The average Bonchev–Trinajstić information content (AvgIpc) is 2.49. The van der Waals surface area contributed by atoms with Gasteiger partial charge in [-0.1, -0.05) is 19.9 Å². The number of aryl methyl sites for hydroxylation is 1. The number of anilines is 3. The summed E-state index contributed by atoms with van der Waals surface area (Å²) in [5, 5.41) is 13.9. The molecular formula is C16H20N4O2. The van der Waals surface area contributed by atoms with Crippen LogP contribution in [0.5, 0.6) is 5.75 Å². The van der Waals surface area contributed by atoms with Crippen LogP contribution in [-0.2, 0) is 4.79 Å². The van der Waals surface area contributed by atoms with Crippen molar-refractivity contribution >= 4 is 23.2 Å². The van der Waals surface area contributed by atoms with Gasteiger partial charge < -0.3 is 15.4 Å². The number of aromatic nitrogens is 2. The Balaban J connectivity index is 2.11. The summed E-state index contributed by atoms with van der Waals surface area (Å²) in [7, 11) is 1.62. The molecule has 0 radical (unpaired) electrons. The Morgan fingerprint density at radius 1 is 1.14 bits per heavy atom. The summed E-state index contributed by atoms with van der Waals surface area (Å²) in [6.45, 7) is 5.65. The zero-order valence-corrected chi connectivity index (χ0v) is 13.2. The number of hydrogen-bond acceptors (Lipinski definition) is 5. The van der Waals surface area contributed by atoms with E-state index in [1.807, 2.05) is 39.0 Å². The summed E-state index contributed by atoms with van der Waals surface area (Å²) < 4.78 is 5.31. The minimum Gasteiger partial charge on any atom is -0.495 e. The Morgan fingerprint density at radius 2 is 1.82 bits per heavy atom. The molecule has 0 saturated carbocycles. The molecule has 1 amide bonds. The fraction of sp³-hybridized carbons (Fsp3) is 0.312. The third-order valence-electron chi connectivity index (χ3n) is 3.06. The molecule has 6 heteroatoms. The van der Waals surface area contributed by atoms with Crippen LogP contribution in [0.1, 0.15) is 19.4 Å². The quantitative estimate of drug-likeness (QED) is 0.887. The van der Waals surface area contributed by atoms with Crippen molar-refractivity contribution in [1.82, 2.24) is 10.2 Å². The topological polar surface area (TPSA) is 76.1 Å². The first-order chi connectivity index (χ1) is 10.5. The first-order valence-electron chi connectivity index (χ1n) is 7.06. The minimum absolute atomic E-state index is 0.0876. The first kappa shape index (κ1) is 15.8. The second kappa shape index (κ2) is 6.89. The molecule has 116 valence electrons. The number of carbonyl (C=O) groups excluding carboxylic acids is 1. The normalized spacial score (nSPS) is 10.4. The largest absolute Gasteiger partial charge is 0.495 e. The molecule has 1 heterocycles. The van der Waals surface area contributed by atoms with Crippen molar-refractivity contribution in [3.63, 3.8) is 0 Å². The number of rotatable bonds is 5. The van der Waals surface area contributed by atoms with Crippen LogP contribution in [0, 0.1) is 12.8 Å². The number of benzene rings is 1. The number of methoxy groups -OCH3 is 1. The smallest absolute Gasteiger partial charge is 0.228 e. The van der Waals surface area contributed by atoms with Gasteiger partial charge >= 0.3 is 0 Å². The van der Waals surface area contributed by atoms with Crippen LogP contribution in [0.15, 0.2) is 30.3 Å². The van der Waals surface area contributed by atoms with Crippen LogP contribution < -0.4 is 15.4 Å². The molecule has 0 unspecified atom stereocenters. The van der Waals surface area contributed by atoms with E-state index in [1.54, 1.807) is 19.2 Å². The van der Waals surface area contributed by atoms with E-state index >= 15 is 0 Å². The van der Waals surface area contributed by atoms with E-state index in [9.17, 15) is 4.79 Å². The van der Waals surface area contributed by atoms with Gasteiger partial charge in [-0.15, -0.1) is 10.2 Å². The van der Waals surface area contributed by atoms with Gasteiger partial charge in [0.2, 0.25) is 5.91 Å². The van der Waals surface area contributed by atoms with Crippen molar-refractivity contribution in [2.45, 2.75) is 20.8 Å². The molecule has 0 atom stereocenters. The molecule has 0 aliphatic rings. The molecule has 0 fully saturated rings. The van der Waals surface area contributed by atoms with Crippen LogP contribution in [0.2, 0.25) is 0 Å². The molecular weight excluding hydrogens is 280 g/mol. The molecule has 0 saturated heterocycles. The summed E-state index contributed by atoms with van der Waals surface area (Å²) in [5.74, 6) is 1.54. The van der Waals surface area contributed by atoms with Gasteiger partial charge in [0, 0.05) is 5.92 Å². The molecule has 1 aromatic carbocycles. The monoisotopic (exact) mass is 300 g/mol. The van der Waals surface area contributed by atoms with E-state index < -0.39 is 0 Å². The lowest BCUT2D eigenvalue weighted by Crippen LogP contribution is -2.18. The van der Waals surface area contributed by atoms with Crippen LogP contribution >= 0.6 is 0 Å². The van der Waals surface area contributed by atoms with Gasteiger partial charge in [-0.2, -0.15) is 0 Å². The SMILES string of the molecule is COc1ccc(C)cc1Nc1ccc(NC(=O)C(C)C)nn1. The molecule has 2 N–H and O–H groups in total. The highest BCUT2D eigenvalue weighted by Crippen LogP contribution is 2.27. The predicted molar refractivity (Wildman–Crippen MR) is 86.5 cm³/mol. The molecule has 6 nitrogen and oxygen atoms in total. The average molecular weight is 300 g/mol. The van der Waals surface area contributed by atoms with Crippen molar-refractivity contribution in [1.29, 1.82) is 0 Å². The Bertz CT molecular complexity index is 654. The van der Waals surface area contributed by atoms with E-state index in [1.165, 1.54) is 0 Å². The van der Waals surface area contributed by atoms with Gasteiger partial charge in [0.05, 0.1) is 12.8 Å². The Hall–Kier alpha value is -2.63. The zero-order valence-electron chi connectivity index (χ0n) is 13.2. The van der Waals surface area contributed by atoms with Gasteiger partial charge in [0.25, 0.3) is 0 Å². The molecule has 0 aliphatic heterocycles. The summed E-state index contributed by atoms with van der Waals surface area (Å²) in [6.07, 6.45) is 0. The fourth-order valence-electron chi connectivity index (χ4n) is 1.79. The molecule has 22 heavy (non-hydrogen) atoms. The highest BCUT2D eigenvalue weighted by Gasteiger charge is 2.09. The van der Waals surface area contributed by atoms with Crippen molar-refractivity contribution in [3.8, 4) is 5.75 Å². The Kier molecular flexibility index (Phi) is 4.93. The Labute approximate surface area is 129 Å². The number of carbonyl (C=O) groups is 1. The van der Waals surface area contributed by atoms with Crippen molar-refractivity contribution < 1.29 is 9.53 Å². The van der Waals surface area contributed by atoms with Crippen molar-refractivity contribution in [2.24, 2.45) is 5.92 Å². The summed E-state index contributed by atoms with van der Waals surface area (Å²) in [4.78, 5) is 11.6. The van der Waals surface area contributed by atoms with E-state index in [4.69, 9.17) is 4.74 Å². The number of amides is 1.